The van der Waals surface area contributed by atoms with Crippen molar-refractivity contribution < 1.29 is 4.79 Å². The van der Waals surface area contributed by atoms with E-state index < -0.39 is 0 Å². The number of carbonyl (C=O) groups excluding carboxylic acids is 1. The molecule has 0 unspecified atom stereocenters. The van der Waals surface area contributed by atoms with Gasteiger partial charge in [0.2, 0.25) is 0 Å². The Morgan fingerprint density at radius 2 is 2.33 bits per heavy atom. The van der Waals surface area contributed by atoms with Crippen LogP contribution in [0, 0.1) is 0 Å². The van der Waals surface area contributed by atoms with Crippen molar-refractivity contribution in [3.63, 3.8) is 0 Å². The van der Waals surface area contributed by atoms with Gasteiger partial charge in [-0.25, -0.2) is 0 Å². The topological polar surface area (TPSA) is 29.1 Å². The summed E-state index contributed by atoms with van der Waals surface area (Å²) >= 11 is 6.46. The molecular formula is C10H8BrNOS2. The van der Waals surface area contributed by atoms with E-state index in [-0.39, 0.29) is 5.91 Å². The van der Waals surface area contributed by atoms with Crippen molar-refractivity contribution in [1.82, 2.24) is 5.32 Å². The predicted octanol–water partition coefficient (Wildman–Crippen LogP) is 3.50. The Kier molecular flexibility index (Phi) is 3.56. The molecule has 0 aromatic carbocycles. The van der Waals surface area contributed by atoms with Crippen molar-refractivity contribution in [2.45, 2.75) is 6.54 Å². The summed E-state index contributed by atoms with van der Waals surface area (Å²) in [6, 6.07) is 5.71. The molecule has 2 nitrogen and oxygen atoms in total. The second-order valence-electron chi connectivity index (χ2n) is 2.92. The van der Waals surface area contributed by atoms with Gasteiger partial charge < -0.3 is 5.32 Å². The summed E-state index contributed by atoms with van der Waals surface area (Å²) in [5.41, 5.74) is 1.12. The number of hydrogen-bond donors (Lipinski definition) is 1. The largest absolute Gasteiger partial charge is 0.347 e. The molecule has 0 saturated heterocycles. The summed E-state index contributed by atoms with van der Waals surface area (Å²) in [6.07, 6.45) is 0. The van der Waals surface area contributed by atoms with Gasteiger partial charge in [-0.3, -0.25) is 4.79 Å². The number of carbonyl (C=O) groups is 1. The highest BCUT2D eigenvalue weighted by molar-refractivity contribution is 9.11. The Morgan fingerprint density at radius 3 is 2.93 bits per heavy atom. The molecule has 2 aromatic heterocycles. The molecule has 0 fully saturated rings. The minimum atomic E-state index is -0.00711. The van der Waals surface area contributed by atoms with Gasteiger partial charge in [-0.2, -0.15) is 0 Å². The Balaban J connectivity index is 1.91. The first-order valence-corrected chi connectivity index (χ1v) is 6.85. The van der Waals surface area contributed by atoms with Crippen LogP contribution in [-0.2, 0) is 6.54 Å². The summed E-state index contributed by atoms with van der Waals surface area (Å²) in [5.74, 6) is -0.00711. The van der Waals surface area contributed by atoms with Crippen LogP contribution in [0.25, 0.3) is 0 Å². The molecule has 0 atom stereocenters. The molecule has 0 saturated carbocycles. The number of hydrogen-bond acceptors (Lipinski definition) is 3. The third kappa shape index (κ3) is 2.90. The van der Waals surface area contributed by atoms with E-state index in [2.05, 4.69) is 21.2 Å². The highest BCUT2D eigenvalue weighted by Crippen LogP contribution is 2.20. The van der Waals surface area contributed by atoms with Gasteiger partial charge in [-0.05, 0) is 44.4 Å². The van der Waals surface area contributed by atoms with Gasteiger partial charge in [0.15, 0.2) is 0 Å². The van der Waals surface area contributed by atoms with E-state index in [4.69, 9.17) is 0 Å². The minimum Gasteiger partial charge on any atom is -0.347 e. The second-order valence-corrected chi connectivity index (χ2v) is 6.16. The van der Waals surface area contributed by atoms with Crippen molar-refractivity contribution in [3.05, 3.63) is 43.2 Å². The van der Waals surface area contributed by atoms with E-state index in [1.807, 2.05) is 29.0 Å². The fraction of sp³-hybridized carbons (Fsp3) is 0.100. The molecule has 1 N–H and O–H groups in total. The molecule has 5 heteroatoms. The van der Waals surface area contributed by atoms with Crippen LogP contribution in [0.2, 0.25) is 0 Å². The lowest BCUT2D eigenvalue weighted by molar-refractivity contribution is 0.0955. The monoisotopic (exact) mass is 301 g/mol. The summed E-state index contributed by atoms with van der Waals surface area (Å²) < 4.78 is 1.09. The van der Waals surface area contributed by atoms with Crippen molar-refractivity contribution in [3.8, 4) is 0 Å². The Bertz CT molecular complexity index is 450. The van der Waals surface area contributed by atoms with Gasteiger partial charge in [-0.1, -0.05) is 6.07 Å². The predicted molar refractivity (Wildman–Crippen MR) is 67.5 cm³/mol. The maximum absolute atomic E-state index is 11.6. The lowest BCUT2D eigenvalue weighted by Crippen LogP contribution is -2.21. The van der Waals surface area contributed by atoms with Crippen LogP contribution in [0.4, 0.5) is 0 Å². The van der Waals surface area contributed by atoms with Gasteiger partial charge in [-0.15, -0.1) is 22.7 Å². The lowest BCUT2D eigenvalue weighted by atomic mass is 10.3. The van der Waals surface area contributed by atoms with E-state index in [9.17, 15) is 4.79 Å². The zero-order valence-corrected chi connectivity index (χ0v) is 10.9. The Labute approximate surface area is 104 Å². The molecule has 0 spiro atoms. The highest BCUT2D eigenvalue weighted by Gasteiger charge is 2.05. The van der Waals surface area contributed by atoms with Crippen LogP contribution in [0.3, 0.4) is 0 Å². The molecule has 0 bridgehead atoms. The van der Waals surface area contributed by atoms with Crippen molar-refractivity contribution in [2.75, 3.05) is 0 Å². The quantitative estimate of drug-likeness (QED) is 0.923. The zero-order chi connectivity index (χ0) is 10.7. The molecule has 78 valence electrons. The summed E-state index contributed by atoms with van der Waals surface area (Å²) in [4.78, 5) is 12.3. The molecule has 0 aliphatic heterocycles. The minimum absolute atomic E-state index is 0.00711. The normalized spacial score (nSPS) is 10.2. The van der Waals surface area contributed by atoms with E-state index in [0.717, 1.165) is 14.2 Å². The number of thiophene rings is 2. The van der Waals surface area contributed by atoms with Crippen LogP contribution in [-0.4, -0.2) is 5.91 Å². The van der Waals surface area contributed by atoms with Crippen LogP contribution < -0.4 is 5.32 Å². The van der Waals surface area contributed by atoms with E-state index in [0.29, 0.717) is 6.54 Å². The molecule has 2 aromatic rings. The molecule has 0 aliphatic rings. The maximum atomic E-state index is 11.6. The van der Waals surface area contributed by atoms with Gasteiger partial charge >= 0.3 is 0 Å². The van der Waals surface area contributed by atoms with E-state index in [1.165, 1.54) is 11.3 Å². The summed E-state index contributed by atoms with van der Waals surface area (Å²) in [5, 5.41) is 6.80. The number of nitrogens with one attached hydrogen (secondary N) is 1. The molecule has 0 radical (unpaired) electrons. The smallest absolute Gasteiger partial charge is 0.261 e. The van der Waals surface area contributed by atoms with Crippen LogP contribution in [0.1, 0.15) is 15.2 Å². The fourth-order valence-electron chi connectivity index (χ4n) is 1.12. The van der Waals surface area contributed by atoms with E-state index >= 15 is 0 Å². The van der Waals surface area contributed by atoms with Gasteiger partial charge in [0.05, 0.1) is 8.66 Å². The molecule has 15 heavy (non-hydrogen) atoms. The molecule has 2 rings (SSSR count). The van der Waals surface area contributed by atoms with Crippen molar-refractivity contribution >= 4 is 44.5 Å². The molecule has 1 amide bonds. The van der Waals surface area contributed by atoms with Gasteiger partial charge in [0, 0.05) is 6.54 Å². The first-order valence-electron chi connectivity index (χ1n) is 4.30. The third-order valence-corrected chi connectivity index (χ3v) is 4.24. The second kappa shape index (κ2) is 4.92. The van der Waals surface area contributed by atoms with Gasteiger partial charge in [0.25, 0.3) is 5.91 Å². The summed E-state index contributed by atoms with van der Waals surface area (Å²) in [7, 11) is 0. The van der Waals surface area contributed by atoms with Crippen molar-refractivity contribution in [2.24, 2.45) is 0 Å². The summed E-state index contributed by atoms with van der Waals surface area (Å²) in [6.45, 7) is 0.582. The fourth-order valence-corrected chi connectivity index (χ4v) is 2.96. The maximum Gasteiger partial charge on any atom is 0.261 e. The Hall–Kier alpha value is -0.650. The standard InChI is InChI=1S/C10H8BrNOS2/c11-9-4-7(6-15-9)5-12-10(13)8-2-1-3-14-8/h1-4,6H,5H2,(H,12,13). The molecular weight excluding hydrogens is 294 g/mol. The number of rotatable bonds is 3. The number of amides is 1. The van der Waals surface area contributed by atoms with Crippen LogP contribution in [0.5, 0.6) is 0 Å². The average Bonchev–Trinajstić information content (AvgIpc) is 2.84. The zero-order valence-electron chi connectivity index (χ0n) is 7.70. The van der Waals surface area contributed by atoms with Crippen LogP contribution in [0.15, 0.2) is 32.7 Å². The SMILES string of the molecule is O=C(NCc1csc(Br)c1)c1cccs1. The third-order valence-electron chi connectivity index (χ3n) is 1.82. The average molecular weight is 302 g/mol. The highest BCUT2D eigenvalue weighted by atomic mass is 79.9. The van der Waals surface area contributed by atoms with Gasteiger partial charge in [0.1, 0.15) is 0 Å². The lowest BCUT2D eigenvalue weighted by Gasteiger charge is -2.00. The van der Waals surface area contributed by atoms with E-state index in [1.54, 1.807) is 11.3 Å². The first-order chi connectivity index (χ1) is 7.25. The molecule has 0 aliphatic carbocycles. The van der Waals surface area contributed by atoms with Crippen LogP contribution >= 0.6 is 38.6 Å². The first kappa shape index (κ1) is 10.9. The molecule has 2 heterocycles. The van der Waals surface area contributed by atoms with Crippen molar-refractivity contribution in [1.29, 1.82) is 0 Å². The number of halogens is 1. The Morgan fingerprint density at radius 1 is 1.47 bits per heavy atom.